The summed E-state index contributed by atoms with van der Waals surface area (Å²) in [5, 5.41) is 5.56. The third-order valence-electron chi connectivity index (χ3n) is 5.03. The molecule has 0 unspecified atom stereocenters. The molecule has 1 fully saturated rings. The van der Waals surface area contributed by atoms with Gasteiger partial charge in [0.2, 0.25) is 5.91 Å². The van der Waals surface area contributed by atoms with Crippen molar-refractivity contribution in [2.75, 3.05) is 5.32 Å². The Bertz CT molecular complexity index is 975. The second kappa shape index (κ2) is 10.9. The number of rotatable bonds is 4. The zero-order valence-corrected chi connectivity index (χ0v) is 18.3. The van der Waals surface area contributed by atoms with Crippen LogP contribution in [0, 0.1) is 5.92 Å². The molecule has 3 amide bonds. The van der Waals surface area contributed by atoms with E-state index < -0.39 is 11.8 Å². The number of hydrazine groups is 1. The Labute approximate surface area is 190 Å². The summed E-state index contributed by atoms with van der Waals surface area (Å²) in [5.41, 5.74) is 6.17. The summed E-state index contributed by atoms with van der Waals surface area (Å²) in [6.45, 7) is 0. The summed E-state index contributed by atoms with van der Waals surface area (Å²) in [5.74, 6) is -0.851. The molecule has 1 aliphatic rings. The number of thiocarbonyl (C=S) groups is 1. The zero-order chi connectivity index (χ0) is 22.2. The first-order valence-electron chi connectivity index (χ1n) is 10.0. The predicted molar refractivity (Wildman–Crippen MR) is 124 cm³/mol. The van der Waals surface area contributed by atoms with E-state index in [1.54, 1.807) is 48.5 Å². The van der Waals surface area contributed by atoms with E-state index in [0.29, 0.717) is 16.3 Å². The molecule has 162 valence electrons. The number of carbonyl (C=O) groups excluding carboxylic acids is 3. The van der Waals surface area contributed by atoms with E-state index in [0.717, 1.165) is 25.7 Å². The van der Waals surface area contributed by atoms with Gasteiger partial charge in [-0.25, -0.2) is 0 Å². The van der Waals surface area contributed by atoms with Gasteiger partial charge in [0, 0.05) is 17.2 Å². The van der Waals surface area contributed by atoms with Crippen LogP contribution in [0.1, 0.15) is 52.8 Å². The van der Waals surface area contributed by atoms with Gasteiger partial charge in [-0.05, 0) is 61.5 Å². The molecule has 2 aromatic carbocycles. The highest BCUT2D eigenvalue weighted by Crippen LogP contribution is 2.25. The second-order valence-corrected chi connectivity index (χ2v) is 8.06. The SMILES string of the molecule is O=C(NNC(=S)NC(=O)c1ccccc1Cl)c1ccc(NC(=O)C2CCCCC2)cc1. The average Bonchev–Trinajstić information content (AvgIpc) is 2.78. The standard InChI is InChI=1S/C22H23ClN4O3S/c23-18-9-5-4-8-17(18)21(30)25-22(31)27-26-20(29)15-10-12-16(13-11-15)24-19(28)14-6-2-1-3-7-14/h4-5,8-14H,1-3,6-7H2,(H,24,28)(H,26,29)(H2,25,27,30,31). The fraction of sp³-hybridized carbons (Fsp3) is 0.273. The third kappa shape index (κ3) is 6.50. The number of hydrogen-bond donors (Lipinski definition) is 4. The Hall–Kier alpha value is -2.97. The van der Waals surface area contributed by atoms with Crippen molar-refractivity contribution < 1.29 is 14.4 Å². The summed E-state index contributed by atoms with van der Waals surface area (Å²) < 4.78 is 0. The predicted octanol–water partition coefficient (Wildman–Crippen LogP) is 3.81. The average molecular weight is 459 g/mol. The Kier molecular flexibility index (Phi) is 7.97. The highest BCUT2D eigenvalue weighted by atomic mass is 35.5. The summed E-state index contributed by atoms with van der Waals surface area (Å²) in [6.07, 6.45) is 5.21. The van der Waals surface area contributed by atoms with Gasteiger partial charge in [-0.2, -0.15) is 0 Å². The zero-order valence-electron chi connectivity index (χ0n) is 16.7. The Morgan fingerprint density at radius 3 is 2.23 bits per heavy atom. The van der Waals surface area contributed by atoms with Crippen LogP contribution in [-0.2, 0) is 4.79 Å². The molecule has 31 heavy (non-hydrogen) atoms. The van der Waals surface area contributed by atoms with E-state index in [1.807, 2.05) is 0 Å². The maximum atomic E-state index is 12.3. The van der Waals surface area contributed by atoms with Crippen LogP contribution in [0.25, 0.3) is 0 Å². The van der Waals surface area contributed by atoms with E-state index in [1.165, 1.54) is 6.42 Å². The maximum absolute atomic E-state index is 12.3. The minimum atomic E-state index is -0.490. The number of anilines is 1. The molecule has 2 aromatic rings. The van der Waals surface area contributed by atoms with E-state index in [4.69, 9.17) is 23.8 Å². The van der Waals surface area contributed by atoms with Crippen LogP contribution in [0.2, 0.25) is 5.02 Å². The molecule has 9 heteroatoms. The van der Waals surface area contributed by atoms with E-state index in [9.17, 15) is 14.4 Å². The topological polar surface area (TPSA) is 99.3 Å². The van der Waals surface area contributed by atoms with E-state index in [-0.39, 0.29) is 22.5 Å². The molecule has 4 N–H and O–H groups in total. The summed E-state index contributed by atoms with van der Waals surface area (Å²) in [4.78, 5) is 36.8. The van der Waals surface area contributed by atoms with Crippen molar-refractivity contribution in [1.29, 1.82) is 0 Å². The van der Waals surface area contributed by atoms with E-state index >= 15 is 0 Å². The molecule has 0 aliphatic heterocycles. The Balaban J connectivity index is 1.46. The number of benzene rings is 2. The lowest BCUT2D eigenvalue weighted by atomic mass is 9.88. The lowest BCUT2D eigenvalue weighted by molar-refractivity contribution is -0.120. The van der Waals surface area contributed by atoms with Crippen LogP contribution in [-0.4, -0.2) is 22.8 Å². The molecule has 1 aliphatic carbocycles. The fourth-order valence-corrected chi connectivity index (χ4v) is 3.71. The molecule has 0 spiro atoms. The lowest BCUT2D eigenvalue weighted by Gasteiger charge is -2.20. The van der Waals surface area contributed by atoms with Crippen molar-refractivity contribution in [2.24, 2.45) is 5.92 Å². The number of halogens is 1. The van der Waals surface area contributed by atoms with Crippen LogP contribution in [0.4, 0.5) is 5.69 Å². The van der Waals surface area contributed by atoms with Crippen LogP contribution >= 0.6 is 23.8 Å². The van der Waals surface area contributed by atoms with Gasteiger partial charge in [-0.15, -0.1) is 0 Å². The Morgan fingerprint density at radius 2 is 1.55 bits per heavy atom. The van der Waals surface area contributed by atoms with Crippen molar-refractivity contribution in [2.45, 2.75) is 32.1 Å². The first-order chi connectivity index (χ1) is 14.9. The van der Waals surface area contributed by atoms with Crippen molar-refractivity contribution in [1.82, 2.24) is 16.2 Å². The largest absolute Gasteiger partial charge is 0.326 e. The molecular formula is C22H23ClN4O3S. The molecule has 0 saturated heterocycles. The van der Waals surface area contributed by atoms with Gasteiger partial charge < -0.3 is 5.32 Å². The van der Waals surface area contributed by atoms with Crippen LogP contribution in [0.3, 0.4) is 0 Å². The summed E-state index contributed by atoms with van der Waals surface area (Å²) in [6, 6.07) is 13.1. The monoisotopic (exact) mass is 458 g/mol. The molecule has 0 aromatic heterocycles. The molecular weight excluding hydrogens is 436 g/mol. The molecule has 7 nitrogen and oxygen atoms in total. The molecule has 1 saturated carbocycles. The number of amides is 3. The fourth-order valence-electron chi connectivity index (χ4n) is 3.35. The number of carbonyl (C=O) groups is 3. The van der Waals surface area contributed by atoms with Crippen molar-refractivity contribution >= 4 is 52.3 Å². The van der Waals surface area contributed by atoms with Crippen molar-refractivity contribution in [3.63, 3.8) is 0 Å². The van der Waals surface area contributed by atoms with E-state index in [2.05, 4.69) is 21.5 Å². The first-order valence-corrected chi connectivity index (χ1v) is 10.8. The minimum absolute atomic E-state index is 0.0261. The minimum Gasteiger partial charge on any atom is -0.326 e. The first kappa shape index (κ1) is 22.7. The normalized spacial score (nSPS) is 13.7. The highest BCUT2D eigenvalue weighted by molar-refractivity contribution is 7.80. The molecule has 0 radical (unpaired) electrons. The van der Waals surface area contributed by atoms with Gasteiger partial charge >= 0.3 is 0 Å². The molecule has 0 heterocycles. The van der Waals surface area contributed by atoms with Crippen LogP contribution in [0.15, 0.2) is 48.5 Å². The quantitative estimate of drug-likeness (QED) is 0.412. The highest BCUT2D eigenvalue weighted by Gasteiger charge is 2.21. The van der Waals surface area contributed by atoms with Gasteiger partial charge in [-0.3, -0.25) is 30.6 Å². The van der Waals surface area contributed by atoms with Crippen LogP contribution < -0.4 is 21.5 Å². The van der Waals surface area contributed by atoms with Gasteiger partial charge in [-0.1, -0.05) is 43.0 Å². The molecule has 0 atom stereocenters. The van der Waals surface area contributed by atoms with Gasteiger partial charge in [0.25, 0.3) is 11.8 Å². The lowest BCUT2D eigenvalue weighted by Crippen LogP contribution is -2.48. The number of hydrogen-bond acceptors (Lipinski definition) is 4. The van der Waals surface area contributed by atoms with Crippen molar-refractivity contribution in [3.05, 3.63) is 64.7 Å². The number of nitrogens with one attached hydrogen (secondary N) is 4. The summed E-state index contributed by atoms with van der Waals surface area (Å²) >= 11 is 11.0. The molecule has 0 bridgehead atoms. The van der Waals surface area contributed by atoms with Gasteiger partial charge in [0.15, 0.2) is 5.11 Å². The van der Waals surface area contributed by atoms with Gasteiger partial charge in [0.1, 0.15) is 0 Å². The second-order valence-electron chi connectivity index (χ2n) is 7.24. The van der Waals surface area contributed by atoms with Crippen LogP contribution in [0.5, 0.6) is 0 Å². The smallest absolute Gasteiger partial charge is 0.269 e. The van der Waals surface area contributed by atoms with Crippen molar-refractivity contribution in [3.8, 4) is 0 Å². The third-order valence-corrected chi connectivity index (χ3v) is 5.56. The van der Waals surface area contributed by atoms with Gasteiger partial charge in [0.05, 0.1) is 10.6 Å². The summed E-state index contributed by atoms with van der Waals surface area (Å²) in [7, 11) is 0. The Morgan fingerprint density at radius 1 is 0.871 bits per heavy atom. The maximum Gasteiger partial charge on any atom is 0.269 e. The molecule has 3 rings (SSSR count).